The number of pyridine rings is 1. The number of methoxy groups -OCH3 is 1. The molecule has 0 aliphatic carbocycles. The van der Waals surface area contributed by atoms with Gasteiger partial charge in [-0.05, 0) is 24.6 Å². The lowest BCUT2D eigenvalue weighted by Crippen LogP contribution is -2.26. The van der Waals surface area contributed by atoms with Crippen molar-refractivity contribution in [3.05, 3.63) is 46.8 Å². The maximum absolute atomic E-state index is 11.5. The lowest BCUT2D eigenvalue weighted by atomic mass is 10.1. The zero-order chi connectivity index (χ0) is 11.7. The minimum Gasteiger partial charge on any atom is -0.618 e. The molecule has 16 heavy (non-hydrogen) atoms. The van der Waals surface area contributed by atoms with Gasteiger partial charge in [0.15, 0.2) is 6.20 Å². The first-order chi connectivity index (χ1) is 7.63. The molecule has 4 nitrogen and oxygen atoms in total. The van der Waals surface area contributed by atoms with Crippen LogP contribution < -0.4 is 4.73 Å². The monoisotopic (exact) mass is 217 g/mol. The summed E-state index contributed by atoms with van der Waals surface area (Å²) in [4.78, 5) is 11.5. The Morgan fingerprint density at radius 1 is 1.44 bits per heavy atom. The highest BCUT2D eigenvalue weighted by atomic mass is 16.5. The first-order valence-corrected chi connectivity index (χ1v) is 4.84. The van der Waals surface area contributed by atoms with Crippen LogP contribution in [-0.2, 0) is 4.74 Å². The van der Waals surface area contributed by atoms with Gasteiger partial charge in [0, 0.05) is 17.5 Å². The van der Waals surface area contributed by atoms with Crippen molar-refractivity contribution >= 4 is 16.9 Å². The van der Waals surface area contributed by atoms with Gasteiger partial charge in [0.05, 0.1) is 12.7 Å². The second-order valence-corrected chi connectivity index (χ2v) is 3.55. The molecule has 0 bridgehead atoms. The number of hydrogen-bond acceptors (Lipinski definition) is 3. The minimum absolute atomic E-state index is 0.422. The molecular weight excluding hydrogens is 206 g/mol. The van der Waals surface area contributed by atoms with Crippen LogP contribution in [0, 0.1) is 12.1 Å². The number of benzene rings is 1. The van der Waals surface area contributed by atoms with Gasteiger partial charge in [0.25, 0.3) is 0 Å². The number of fused-ring (bicyclic) bond motifs is 1. The van der Waals surface area contributed by atoms with Crippen molar-refractivity contribution in [1.82, 2.24) is 0 Å². The minimum atomic E-state index is -0.428. The van der Waals surface area contributed by atoms with Crippen LogP contribution >= 0.6 is 0 Å². The molecule has 0 aliphatic heterocycles. The van der Waals surface area contributed by atoms with Gasteiger partial charge < -0.3 is 9.94 Å². The van der Waals surface area contributed by atoms with Crippen molar-refractivity contribution in [3.8, 4) is 0 Å². The summed E-state index contributed by atoms with van der Waals surface area (Å²) in [6.07, 6.45) is 1.40. The smallest absolute Gasteiger partial charge is 0.338 e. The third kappa shape index (κ3) is 1.58. The molecule has 0 unspecified atom stereocenters. The third-order valence-corrected chi connectivity index (χ3v) is 2.51. The first-order valence-electron chi connectivity index (χ1n) is 4.84. The summed E-state index contributed by atoms with van der Waals surface area (Å²) >= 11 is 0. The number of ether oxygens (including phenoxy) is 1. The van der Waals surface area contributed by atoms with Crippen LogP contribution in [0.25, 0.3) is 10.9 Å². The Kier molecular flexibility index (Phi) is 2.48. The van der Waals surface area contributed by atoms with E-state index in [1.54, 1.807) is 18.2 Å². The van der Waals surface area contributed by atoms with E-state index < -0.39 is 5.97 Å². The van der Waals surface area contributed by atoms with Crippen LogP contribution in [0.5, 0.6) is 0 Å². The Hall–Kier alpha value is -2.10. The Morgan fingerprint density at radius 3 is 2.88 bits per heavy atom. The van der Waals surface area contributed by atoms with Gasteiger partial charge in [0.2, 0.25) is 5.52 Å². The average molecular weight is 217 g/mol. The molecule has 0 fully saturated rings. The van der Waals surface area contributed by atoms with E-state index in [2.05, 4.69) is 4.74 Å². The molecule has 0 aliphatic rings. The number of carbonyl (C=O) groups is 1. The largest absolute Gasteiger partial charge is 0.618 e. The highest BCUT2D eigenvalue weighted by Crippen LogP contribution is 2.17. The SMILES string of the molecule is COC(=O)c1cc2c(ccc[n+]2[O-])cc1C. The van der Waals surface area contributed by atoms with E-state index in [-0.39, 0.29) is 0 Å². The highest BCUT2D eigenvalue weighted by molar-refractivity contribution is 5.95. The standard InChI is InChI=1S/C12H11NO3/c1-8-6-9-4-3-5-13(15)11(9)7-10(8)12(14)16-2/h3-7H,1-2H3. The predicted octanol–water partition coefficient (Wildman–Crippen LogP) is 1.57. The first kappa shape index (κ1) is 10.4. The van der Waals surface area contributed by atoms with E-state index in [9.17, 15) is 10.0 Å². The lowest BCUT2D eigenvalue weighted by Gasteiger charge is -2.06. The average Bonchev–Trinajstić information content (AvgIpc) is 2.28. The molecule has 2 aromatic rings. The zero-order valence-corrected chi connectivity index (χ0v) is 9.06. The van der Waals surface area contributed by atoms with Crippen LogP contribution in [0.2, 0.25) is 0 Å². The third-order valence-electron chi connectivity index (χ3n) is 2.51. The van der Waals surface area contributed by atoms with E-state index in [0.29, 0.717) is 11.1 Å². The van der Waals surface area contributed by atoms with Crippen LogP contribution in [0.3, 0.4) is 0 Å². The van der Waals surface area contributed by atoms with Gasteiger partial charge in [-0.25, -0.2) is 4.79 Å². The molecule has 2 rings (SSSR count). The van der Waals surface area contributed by atoms with Gasteiger partial charge in [-0.2, -0.15) is 4.73 Å². The summed E-state index contributed by atoms with van der Waals surface area (Å²) in [5, 5.41) is 12.3. The molecule has 4 heteroatoms. The van der Waals surface area contributed by atoms with Crippen molar-refractivity contribution in [2.75, 3.05) is 7.11 Å². The molecule has 0 N–H and O–H groups in total. The Labute approximate surface area is 92.7 Å². The second kappa shape index (κ2) is 3.81. The highest BCUT2D eigenvalue weighted by Gasteiger charge is 2.13. The molecule has 0 saturated carbocycles. The number of nitrogens with zero attached hydrogens (tertiary/aromatic N) is 1. The molecule has 1 aromatic carbocycles. The summed E-state index contributed by atoms with van der Waals surface area (Å²) in [6.45, 7) is 1.81. The summed E-state index contributed by atoms with van der Waals surface area (Å²) in [6, 6.07) is 6.86. The molecule has 0 radical (unpaired) electrons. The summed E-state index contributed by atoms with van der Waals surface area (Å²) in [5.74, 6) is -0.428. The van der Waals surface area contributed by atoms with Crippen LogP contribution in [0.4, 0.5) is 0 Å². The zero-order valence-electron chi connectivity index (χ0n) is 9.06. The molecule has 0 saturated heterocycles. The number of hydrogen-bond donors (Lipinski definition) is 0. The molecule has 1 heterocycles. The molecular formula is C12H11NO3. The van der Waals surface area contributed by atoms with Crippen molar-refractivity contribution < 1.29 is 14.3 Å². The topological polar surface area (TPSA) is 53.2 Å². The van der Waals surface area contributed by atoms with E-state index in [4.69, 9.17) is 0 Å². The number of carbonyl (C=O) groups excluding carboxylic acids is 1. The maximum atomic E-state index is 11.5. The van der Waals surface area contributed by atoms with Crippen molar-refractivity contribution in [2.45, 2.75) is 6.92 Å². The van der Waals surface area contributed by atoms with Gasteiger partial charge in [-0.3, -0.25) is 0 Å². The Bertz CT molecular complexity index is 563. The van der Waals surface area contributed by atoms with Gasteiger partial charge in [-0.15, -0.1) is 0 Å². The molecule has 0 spiro atoms. The molecule has 0 amide bonds. The van der Waals surface area contributed by atoms with Crippen molar-refractivity contribution in [3.63, 3.8) is 0 Å². The van der Waals surface area contributed by atoms with Crippen LogP contribution in [-0.4, -0.2) is 13.1 Å². The van der Waals surface area contributed by atoms with Crippen LogP contribution in [0.15, 0.2) is 30.5 Å². The number of aromatic nitrogens is 1. The van der Waals surface area contributed by atoms with Crippen molar-refractivity contribution in [1.29, 1.82) is 0 Å². The van der Waals surface area contributed by atoms with Gasteiger partial charge >= 0.3 is 5.97 Å². The van der Waals surface area contributed by atoms with E-state index in [1.165, 1.54) is 13.3 Å². The van der Waals surface area contributed by atoms with Crippen LogP contribution in [0.1, 0.15) is 15.9 Å². The summed E-state index contributed by atoms with van der Waals surface area (Å²) < 4.78 is 5.39. The molecule has 1 aromatic heterocycles. The Balaban J connectivity index is 2.74. The molecule has 82 valence electrons. The number of aryl methyl sites for hydroxylation is 1. The summed E-state index contributed by atoms with van der Waals surface area (Å²) in [5.41, 5.74) is 1.69. The quantitative estimate of drug-likeness (QED) is 0.414. The maximum Gasteiger partial charge on any atom is 0.338 e. The fraction of sp³-hybridized carbons (Fsp3) is 0.167. The number of esters is 1. The van der Waals surface area contributed by atoms with E-state index >= 15 is 0 Å². The normalized spacial score (nSPS) is 10.4. The van der Waals surface area contributed by atoms with Crippen molar-refractivity contribution in [2.24, 2.45) is 0 Å². The second-order valence-electron chi connectivity index (χ2n) is 3.55. The fourth-order valence-electron chi connectivity index (χ4n) is 1.68. The lowest BCUT2D eigenvalue weighted by molar-refractivity contribution is -0.577. The van der Waals surface area contributed by atoms with E-state index in [0.717, 1.165) is 15.7 Å². The number of rotatable bonds is 1. The summed E-state index contributed by atoms with van der Waals surface area (Å²) in [7, 11) is 1.32. The predicted molar refractivity (Wildman–Crippen MR) is 59.0 cm³/mol. The fourth-order valence-corrected chi connectivity index (χ4v) is 1.68. The van der Waals surface area contributed by atoms with Gasteiger partial charge in [0.1, 0.15) is 0 Å². The van der Waals surface area contributed by atoms with Gasteiger partial charge in [-0.1, -0.05) is 0 Å². The Morgan fingerprint density at radius 2 is 2.19 bits per heavy atom. The van der Waals surface area contributed by atoms with E-state index in [1.807, 2.05) is 13.0 Å². The molecule has 0 atom stereocenters.